The first-order valence-electron chi connectivity index (χ1n) is 4.15. The summed E-state index contributed by atoms with van der Waals surface area (Å²) in [6, 6.07) is 9.59. The molecule has 0 spiro atoms. The second-order valence-electron chi connectivity index (χ2n) is 2.52. The molecule has 0 bridgehead atoms. The molecule has 1 aromatic carbocycles. The van der Waals surface area contributed by atoms with E-state index in [1.165, 1.54) is 0 Å². The Morgan fingerprint density at radius 3 is 2.06 bits per heavy atom. The van der Waals surface area contributed by atoms with Gasteiger partial charge in [0.15, 0.2) is 0 Å². The van der Waals surface area contributed by atoms with Crippen molar-refractivity contribution < 1.29 is 15.1 Å². The van der Waals surface area contributed by atoms with Crippen LogP contribution in [-0.2, 0) is 11.4 Å². The van der Waals surface area contributed by atoms with Crippen LogP contribution in [0.25, 0.3) is 0 Å². The van der Waals surface area contributed by atoms with Gasteiger partial charge >= 0.3 is 29.6 Å². The summed E-state index contributed by atoms with van der Waals surface area (Å²) in [6.45, 7) is 0.377. The summed E-state index contributed by atoms with van der Waals surface area (Å²) >= 11 is 8.20. The van der Waals surface area contributed by atoms with E-state index in [1.54, 1.807) is 0 Å². The molecule has 0 aliphatic carbocycles. The second kappa shape index (κ2) is 14.6. The molecule has 0 atom stereocenters. The molecule has 0 aliphatic rings. The summed E-state index contributed by atoms with van der Waals surface area (Å²) in [7, 11) is 0. The van der Waals surface area contributed by atoms with Gasteiger partial charge in [0, 0.05) is 0 Å². The van der Waals surface area contributed by atoms with Crippen LogP contribution in [0.1, 0.15) is 13.0 Å². The van der Waals surface area contributed by atoms with Gasteiger partial charge in [-0.3, -0.25) is 4.84 Å². The predicted molar refractivity (Wildman–Crippen MR) is 82.9 cm³/mol. The number of thiocarbonyl (C=S) groups is 2. The zero-order valence-electron chi connectivity index (χ0n) is 8.29. The van der Waals surface area contributed by atoms with E-state index in [9.17, 15) is 0 Å². The first kappa shape index (κ1) is 22.7. The Balaban J connectivity index is -0.000000332. The van der Waals surface area contributed by atoms with Gasteiger partial charge in [-0.2, -0.15) is 0 Å². The topological polar surface area (TPSA) is 87.7 Å². The Bertz CT molecular complexity index is 335. The van der Waals surface area contributed by atoms with Crippen LogP contribution >= 0.6 is 24.4 Å². The van der Waals surface area contributed by atoms with E-state index < -0.39 is 5.17 Å². The number of aliphatic hydroxyl groups excluding tert-OH is 2. The Morgan fingerprint density at radius 1 is 1.22 bits per heavy atom. The molecule has 0 saturated carbocycles. The molecule has 0 unspecified atom stereocenters. The van der Waals surface area contributed by atoms with E-state index >= 15 is 0 Å². The van der Waals surface area contributed by atoms with Gasteiger partial charge in [-0.25, -0.2) is 5.48 Å². The van der Waals surface area contributed by atoms with Crippen molar-refractivity contribution in [2.45, 2.75) is 14.0 Å². The van der Waals surface area contributed by atoms with Crippen LogP contribution in [0.15, 0.2) is 30.3 Å². The van der Waals surface area contributed by atoms with Crippen molar-refractivity contribution in [3.63, 3.8) is 0 Å². The number of aliphatic hydroxyl groups is 2. The number of nitrogens with one attached hydrogen (secondary N) is 1. The van der Waals surface area contributed by atoms with Crippen molar-refractivity contribution in [2.75, 3.05) is 0 Å². The van der Waals surface area contributed by atoms with E-state index in [2.05, 4.69) is 35.6 Å². The minimum absolute atomic E-state index is 0. The van der Waals surface area contributed by atoms with E-state index in [-0.39, 0.29) is 42.2 Å². The summed E-state index contributed by atoms with van der Waals surface area (Å²) in [6.07, 6.45) is 0. The maximum atomic E-state index is 8.53. The standard InChI is InChI=1S/C8H9NO2S.CH3NOS.CH4.Na.H/c10-8(12)9-11-6-7-4-2-1-3-5-7;2-1(3)4;;;/h1-5H,6H2,(H2,9,10,12);(H3,2,3,4);1H4;;. The van der Waals surface area contributed by atoms with Gasteiger partial charge in [0.1, 0.15) is 0 Å². The van der Waals surface area contributed by atoms with Gasteiger partial charge < -0.3 is 15.9 Å². The Hall–Kier alpha value is -0.440. The molecular formula is C10H17N2NaO3S2. The molecule has 0 fully saturated rings. The zero-order chi connectivity index (χ0) is 12.4. The van der Waals surface area contributed by atoms with Crippen LogP contribution in [0, 0.1) is 0 Å². The van der Waals surface area contributed by atoms with Crippen LogP contribution in [0.4, 0.5) is 0 Å². The van der Waals surface area contributed by atoms with Gasteiger partial charge in [0.2, 0.25) is 0 Å². The number of hydrogen-bond acceptors (Lipinski definition) is 3. The van der Waals surface area contributed by atoms with E-state index in [4.69, 9.17) is 15.1 Å². The zero-order valence-corrected chi connectivity index (χ0v) is 9.92. The van der Waals surface area contributed by atoms with Crippen molar-refractivity contribution in [1.29, 1.82) is 0 Å². The van der Waals surface area contributed by atoms with Crippen molar-refractivity contribution in [2.24, 2.45) is 5.73 Å². The molecule has 0 aliphatic heterocycles. The second-order valence-corrected chi connectivity index (χ2v) is 3.32. The number of nitrogens with two attached hydrogens (primary N) is 1. The fourth-order valence-corrected chi connectivity index (χ4v) is 0.814. The molecule has 0 saturated heterocycles. The van der Waals surface area contributed by atoms with Gasteiger partial charge in [0.05, 0.1) is 6.61 Å². The van der Waals surface area contributed by atoms with Gasteiger partial charge in [-0.1, -0.05) is 37.8 Å². The summed E-state index contributed by atoms with van der Waals surface area (Å²) in [5, 5.41) is 15.2. The Morgan fingerprint density at radius 2 is 1.67 bits per heavy atom. The van der Waals surface area contributed by atoms with Crippen molar-refractivity contribution in [3.8, 4) is 0 Å². The quantitative estimate of drug-likeness (QED) is 0.380. The van der Waals surface area contributed by atoms with Crippen LogP contribution in [0.2, 0.25) is 0 Å². The van der Waals surface area contributed by atoms with E-state index in [0.29, 0.717) is 6.61 Å². The fraction of sp³-hybridized carbons (Fsp3) is 0.200. The van der Waals surface area contributed by atoms with Crippen LogP contribution < -0.4 is 11.2 Å². The van der Waals surface area contributed by atoms with Crippen LogP contribution in [0.3, 0.4) is 0 Å². The molecule has 0 aromatic heterocycles. The Kier molecular flexibility index (Phi) is 18.5. The molecule has 1 rings (SSSR count). The molecule has 98 valence electrons. The van der Waals surface area contributed by atoms with Gasteiger partial charge in [-0.05, 0) is 30.0 Å². The summed E-state index contributed by atoms with van der Waals surface area (Å²) < 4.78 is 0. The Labute approximate surface area is 140 Å². The van der Waals surface area contributed by atoms with Crippen molar-refractivity contribution in [3.05, 3.63) is 35.9 Å². The number of hydroxylamine groups is 1. The SMILES string of the molecule is C.NC(O)=S.OC(=S)NOCc1ccccc1.[NaH]. The molecule has 0 amide bonds. The minimum atomic E-state index is -0.500. The molecular weight excluding hydrogens is 283 g/mol. The average molecular weight is 300 g/mol. The van der Waals surface area contributed by atoms with E-state index in [1.807, 2.05) is 30.3 Å². The molecule has 8 heteroatoms. The first-order chi connectivity index (χ1) is 7.52. The van der Waals surface area contributed by atoms with Gasteiger partial charge in [-0.15, -0.1) is 0 Å². The van der Waals surface area contributed by atoms with Gasteiger partial charge in [0.25, 0.3) is 10.3 Å². The molecule has 0 heterocycles. The van der Waals surface area contributed by atoms with Crippen LogP contribution in [-0.4, -0.2) is 50.1 Å². The number of rotatable bonds is 3. The predicted octanol–water partition coefficient (Wildman–Crippen LogP) is 1.33. The fourth-order valence-electron chi connectivity index (χ4n) is 0.755. The van der Waals surface area contributed by atoms with Crippen molar-refractivity contribution in [1.82, 2.24) is 5.48 Å². The monoisotopic (exact) mass is 300 g/mol. The van der Waals surface area contributed by atoms with Crippen molar-refractivity contribution >= 4 is 64.3 Å². The number of benzene rings is 1. The van der Waals surface area contributed by atoms with E-state index in [0.717, 1.165) is 5.56 Å². The molecule has 0 radical (unpaired) electrons. The third-order valence-corrected chi connectivity index (χ3v) is 1.32. The maximum absolute atomic E-state index is 8.53. The summed E-state index contributed by atoms with van der Waals surface area (Å²) in [4.78, 5) is 4.84. The molecule has 1 aromatic rings. The number of hydrogen-bond donors (Lipinski definition) is 4. The molecule has 18 heavy (non-hydrogen) atoms. The average Bonchev–Trinajstić information content (AvgIpc) is 2.18. The molecule has 5 N–H and O–H groups in total. The van der Waals surface area contributed by atoms with Crippen LogP contribution in [0.5, 0.6) is 0 Å². The third-order valence-electron chi connectivity index (χ3n) is 1.24. The summed E-state index contributed by atoms with van der Waals surface area (Å²) in [5.41, 5.74) is 7.59. The summed E-state index contributed by atoms with van der Waals surface area (Å²) in [5.74, 6) is 0. The normalized spacial score (nSPS) is 7.56. The first-order valence-corrected chi connectivity index (χ1v) is 4.97. The third kappa shape index (κ3) is 17.9. The molecule has 5 nitrogen and oxygen atoms in total.